The van der Waals surface area contributed by atoms with Gasteiger partial charge < -0.3 is 10.2 Å². The number of amides is 2. The number of hydrogen-bond acceptors (Lipinski definition) is 2. The van der Waals surface area contributed by atoms with E-state index in [1.54, 1.807) is 4.90 Å². The molecule has 20 heavy (non-hydrogen) atoms. The molecule has 0 radical (unpaired) electrons. The van der Waals surface area contributed by atoms with E-state index in [1.807, 2.05) is 24.3 Å². The second kappa shape index (κ2) is 7.08. The van der Waals surface area contributed by atoms with Crippen LogP contribution in [-0.4, -0.2) is 18.4 Å². The molecule has 1 aromatic carbocycles. The first-order chi connectivity index (χ1) is 9.72. The number of fused-ring (bicyclic) bond motifs is 1. The number of nitrogens with one attached hydrogen (secondary N) is 1. The fraction of sp³-hybridized carbons (Fsp3) is 0.500. The van der Waals surface area contributed by atoms with E-state index in [4.69, 9.17) is 0 Å². The number of hydrogen-bond donors (Lipinski definition) is 1. The maximum Gasteiger partial charge on any atom is 0.244 e. The maximum absolute atomic E-state index is 12.3. The average Bonchev–Trinajstić information content (AvgIpc) is 2.46. The summed E-state index contributed by atoms with van der Waals surface area (Å²) >= 11 is 0. The predicted molar refractivity (Wildman–Crippen MR) is 80.8 cm³/mol. The Morgan fingerprint density at radius 3 is 2.75 bits per heavy atom. The van der Waals surface area contributed by atoms with Gasteiger partial charge in [-0.25, -0.2) is 0 Å². The van der Waals surface area contributed by atoms with Gasteiger partial charge in [-0.05, 0) is 18.6 Å². The van der Waals surface area contributed by atoms with Gasteiger partial charge in [0.05, 0.1) is 11.4 Å². The second-order valence-corrected chi connectivity index (χ2v) is 5.21. The minimum atomic E-state index is -0.122. The molecule has 0 aliphatic carbocycles. The third kappa shape index (κ3) is 3.59. The van der Waals surface area contributed by atoms with Crippen LogP contribution in [0.4, 0.5) is 11.4 Å². The minimum absolute atomic E-state index is 0.0452. The molecule has 2 amide bonds. The van der Waals surface area contributed by atoms with Crippen molar-refractivity contribution >= 4 is 23.2 Å². The molecule has 0 saturated carbocycles. The molecule has 0 bridgehead atoms. The van der Waals surface area contributed by atoms with Crippen LogP contribution in [-0.2, 0) is 9.59 Å². The smallest absolute Gasteiger partial charge is 0.244 e. The molecule has 1 aromatic rings. The topological polar surface area (TPSA) is 49.4 Å². The molecule has 1 N–H and O–H groups in total. The number of para-hydroxylation sites is 2. The Balaban J connectivity index is 1.94. The summed E-state index contributed by atoms with van der Waals surface area (Å²) in [4.78, 5) is 25.5. The first-order valence-corrected chi connectivity index (χ1v) is 7.41. The normalized spacial score (nSPS) is 13.8. The van der Waals surface area contributed by atoms with Crippen molar-refractivity contribution in [2.24, 2.45) is 0 Å². The Hall–Kier alpha value is -1.84. The van der Waals surface area contributed by atoms with E-state index in [1.165, 1.54) is 19.3 Å². The summed E-state index contributed by atoms with van der Waals surface area (Å²) in [5.41, 5.74) is 1.54. The molecule has 1 heterocycles. The monoisotopic (exact) mass is 274 g/mol. The SMILES string of the molecule is CCCCCCCC(=O)N1CC(=O)Nc2ccccc21. The molecule has 2 rings (SSSR count). The summed E-state index contributed by atoms with van der Waals surface area (Å²) in [7, 11) is 0. The second-order valence-electron chi connectivity index (χ2n) is 5.21. The highest BCUT2D eigenvalue weighted by atomic mass is 16.2. The number of unbranched alkanes of at least 4 members (excludes halogenated alkanes) is 4. The molecule has 0 saturated heterocycles. The third-order valence-electron chi connectivity index (χ3n) is 3.57. The summed E-state index contributed by atoms with van der Waals surface area (Å²) in [5, 5.41) is 2.80. The zero-order valence-electron chi connectivity index (χ0n) is 12.0. The van der Waals surface area contributed by atoms with Gasteiger partial charge in [0.25, 0.3) is 0 Å². The van der Waals surface area contributed by atoms with Crippen molar-refractivity contribution in [1.82, 2.24) is 0 Å². The minimum Gasteiger partial charge on any atom is -0.323 e. The summed E-state index contributed by atoms with van der Waals surface area (Å²) in [6, 6.07) is 7.45. The van der Waals surface area contributed by atoms with Crippen LogP contribution in [0.15, 0.2) is 24.3 Å². The molecule has 108 valence electrons. The Morgan fingerprint density at radius 2 is 1.95 bits per heavy atom. The first-order valence-electron chi connectivity index (χ1n) is 7.41. The molecular weight excluding hydrogens is 252 g/mol. The Kier molecular flexibility index (Phi) is 5.16. The maximum atomic E-state index is 12.3. The highest BCUT2D eigenvalue weighted by Crippen LogP contribution is 2.29. The molecule has 0 aromatic heterocycles. The lowest BCUT2D eigenvalue weighted by molar-refractivity contribution is -0.122. The van der Waals surface area contributed by atoms with Gasteiger partial charge in [-0.1, -0.05) is 44.7 Å². The lowest BCUT2D eigenvalue weighted by atomic mass is 10.1. The summed E-state index contributed by atoms with van der Waals surface area (Å²) in [5.74, 6) is -0.0770. The van der Waals surface area contributed by atoms with E-state index < -0.39 is 0 Å². The molecule has 4 heteroatoms. The Morgan fingerprint density at radius 1 is 1.20 bits per heavy atom. The quantitative estimate of drug-likeness (QED) is 0.809. The van der Waals surface area contributed by atoms with E-state index >= 15 is 0 Å². The fourth-order valence-corrected chi connectivity index (χ4v) is 2.47. The Labute approximate surface area is 120 Å². The van der Waals surface area contributed by atoms with Crippen LogP contribution in [0.25, 0.3) is 0 Å². The van der Waals surface area contributed by atoms with Crippen LogP contribution in [0.5, 0.6) is 0 Å². The van der Waals surface area contributed by atoms with Crippen molar-refractivity contribution in [2.75, 3.05) is 16.8 Å². The number of carbonyl (C=O) groups excluding carboxylic acids is 2. The fourth-order valence-electron chi connectivity index (χ4n) is 2.47. The summed E-state index contributed by atoms with van der Waals surface area (Å²) < 4.78 is 0. The Bertz CT molecular complexity index is 485. The molecule has 0 unspecified atom stereocenters. The van der Waals surface area contributed by atoms with Crippen molar-refractivity contribution in [3.63, 3.8) is 0 Å². The first kappa shape index (κ1) is 14.6. The molecule has 4 nitrogen and oxygen atoms in total. The van der Waals surface area contributed by atoms with Gasteiger partial charge in [0.2, 0.25) is 11.8 Å². The van der Waals surface area contributed by atoms with Crippen LogP contribution < -0.4 is 10.2 Å². The third-order valence-corrected chi connectivity index (χ3v) is 3.57. The zero-order chi connectivity index (χ0) is 14.4. The standard InChI is InChI=1S/C16H22N2O2/c1-2-3-4-5-6-11-16(20)18-12-15(19)17-13-9-7-8-10-14(13)18/h7-10H,2-6,11-12H2,1H3,(H,17,19). The van der Waals surface area contributed by atoms with Crippen LogP contribution in [0.1, 0.15) is 45.4 Å². The van der Waals surface area contributed by atoms with Crippen LogP contribution in [0.3, 0.4) is 0 Å². The average molecular weight is 274 g/mol. The van der Waals surface area contributed by atoms with Gasteiger partial charge in [-0.2, -0.15) is 0 Å². The molecule has 1 aliphatic rings. The molecule has 0 fully saturated rings. The van der Waals surface area contributed by atoms with Gasteiger partial charge in [0.15, 0.2) is 0 Å². The van der Waals surface area contributed by atoms with E-state index in [9.17, 15) is 9.59 Å². The number of anilines is 2. The highest BCUT2D eigenvalue weighted by Gasteiger charge is 2.25. The van der Waals surface area contributed by atoms with Crippen molar-refractivity contribution in [1.29, 1.82) is 0 Å². The molecular formula is C16H22N2O2. The summed E-state index contributed by atoms with van der Waals surface area (Å²) in [6.45, 7) is 2.30. The van der Waals surface area contributed by atoms with E-state index in [2.05, 4.69) is 12.2 Å². The molecule has 0 atom stereocenters. The van der Waals surface area contributed by atoms with Gasteiger partial charge in [-0.3, -0.25) is 9.59 Å². The van der Waals surface area contributed by atoms with E-state index in [-0.39, 0.29) is 18.4 Å². The van der Waals surface area contributed by atoms with Gasteiger partial charge in [0.1, 0.15) is 6.54 Å². The molecule has 0 spiro atoms. The van der Waals surface area contributed by atoms with E-state index in [0.717, 1.165) is 24.2 Å². The number of nitrogens with zero attached hydrogens (tertiary/aromatic N) is 1. The van der Waals surface area contributed by atoms with E-state index in [0.29, 0.717) is 6.42 Å². The van der Waals surface area contributed by atoms with Gasteiger partial charge >= 0.3 is 0 Å². The van der Waals surface area contributed by atoms with Gasteiger partial charge in [-0.15, -0.1) is 0 Å². The van der Waals surface area contributed by atoms with Crippen LogP contribution in [0.2, 0.25) is 0 Å². The highest BCUT2D eigenvalue weighted by molar-refractivity contribution is 6.09. The van der Waals surface area contributed by atoms with Gasteiger partial charge in [0, 0.05) is 6.42 Å². The number of benzene rings is 1. The summed E-state index contributed by atoms with van der Waals surface area (Å²) in [6.07, 6.45) is 6.11. The number of carbonyl (C=O) groups is 2. The van der Waals surface area contributed by atoms with Crippen LogP contribution >= 0.6 is 0 Å². The number of rotatable bonds is 6. The molecule has 1 aliphatic heterocycles. The zero-order valence-corrected chi connectivity index (χ0v) is 12.0. The van der Waals surface area contributed by atoms with Crippen molar-refractivity contribution < 1.29 is 9.59 Å². The van der Waals surface area contributed by atoms with Crippen molar-refractivity contribution in [3.05, 3.63) is 24.3 Å². The van der Waals surface area contributed by atoms with Crippen molar-refractivity contribution in [2.45, 2.75) is 45.4 Å². The lowest BCUT2D eigenvalue weighted by Gasteiger charge is -2.29. The predicted octanol–water partition coefficient (Wildman–Crippen LogP) is 3.33. The van der Waals surface area contributed by atoms with Crippen LogP contribution in [0, 0.1) is 0 Å². The largest absolute Gasteiger partial charge is 0.323 e. The van der Waals surface area contributed by atoms with Crippen molar-refractivity contribution in [3.8, 4) is 0 Å². The lowest BCUT2D eigenvalue weighted by Crippen LogP contribution is -2.42.